The number of ketones is 1. The molecular weight excluding hydrogens is 178 g/mol. The second-order valence-electron chi connectivity index (χ2n) is 4.52. The van der Waals surface area contributed by atoms with Gasteiger partial charge in [-0.15, -0.1) is 0 Å². The van der Waals surface area contributed by atoms with Crippen molar-refractivity contribution >= 4 is 11.7 Å². The number of nitrogens with zero attached hydrogens (tertiary/aromatic N) is 1. The molecule has 0 aromatic carbocycles. The Hall–Kier alpha value is -0.860. The molecule has 3 nitrogen and oxygen atoms in total. The van der Waals surface area contributed by atoms with Crippen LogP contribution in [0, 0.1) is 5.92 Å². The van der Waals surface area contributed by atoms with Crippen LogP contribution in [0.25, 0.3) is 0 Å². The van der Waals surface area contributed by atoms with Crippen LogP contribution in [-0.2, 0) is 9.59 Å². The van der Waals surface area contributed by atoms with Crippen molar-refractivity contribution in [2.45, 2.75) is 45.1 Å². The molecule has 0 spiro atoms. The predicted octanol–water partition coefficient (Wildman–Crippen LogP) is 1.37. The molecule has 0 bridgehead atoms. The van der Waals surface area contributed by atoms with E-state index in [4.69, 9.17) is 0 Å². The van der Waals surface area contributed by atoms with Crippen LogP contribution in [-0.4, -0.2) is 29.2 Å². The summed E-state index contributed by atoms with van der Waals surface area (Å²) in [6, 6.07) is 0.200. The van der Waals surface area contributed by atoms with Gasteiger partial charge in [-0.05, 0) is 18.8 Å². The summed E-state index contributed by atoms with van der Waals surface area (Å²) < 4.78 is 0. The number of carbonyl (C=O) groups is 2. The molecule has 2 unspecified atom stereocenters. The van der Waals surface area contributed by atoms with Gasteiger partial charge >= 0.3 is 0 Å². The monoisotopic (exact) mass is 195 g/mol. The lowest BCUT2D eigenvalue weighted by Gasteiger charge is -2.35. The first-order valence-corrected chi connectivity index (χ1v) is 5.49. The molecule has 1 amide bonds. The average Bonchev–Trinajstić information content (AvgIpc) is 2.56. The maximum absolute atomic E-state index is 11.5. The van der Waals surface area contributed by atoms with Crippen LogP contribution in [0.1, 0.15) is 39.0 Å². The Labute approximate surface area is 84.5 Å². The molecular formula is C11H17NO2. The van der Waals surface area contributed by atoms with E-state index in [1.54, 1.807) is 0 Å². The van der Waals surface area contributed by atoms with E-state index in [2.05, 4.69) is 6.92 Å². The van der Waals surface area contributed by atoms with Gasteiger partial charge in [0.25, 0.3) is 0 Å². The summed E-state index contributed by atoms with van der Waals surface area (Å²) in [5, 5.41) is 0. The van der Waals surface area contributed by atoms with Crippen LogP contribution in [0.2, 0.25) is 0 Å². The third kappa shape index (κ3) is 1.68. The van der Waals surface area contributed by atoms with Crippen LogP contribution in [0.15, 0.2) is 0 Å². The van der Waals surface area contributed by atoms with Gasteiger partial charge in [0.15, 0.2) is 0 Å². The van der Waals surface area contributed by atoms with E-state index in [1.807, 2.05) is 4.90 Å². The summed E-state index contributed by atoms with van der Waals surface area (Å²) in [6.45, 7) is 3.02. The fourth-order valence-corrected chi connectivity index (χ4v) is 2.55. The van der Waals surface area contributed by atoms with E-state index in [9.17, 15) is 9.59 Å². The van der Waals surface area contributed by atoms with Crippen molar-refractivity contribution in [1.29, 1.82) is 0 Å². The number of hydrogen-bond donors (Lipinski definition) is 0. The Morgan fingerprint density at radius 1 is 1.29 bits per heavy atom. The van der Waals surface area contributed by atoms with Crippen LogP contribution in [0.3, 0.4) is 0 Å². The zero-order chi connectivity index (χ0) is 10.1. The highest BCUT2D eigenvalue weighted by Crippen LogP contribution is 2.29. The van der Waals surface area contributed by atoms with Crippen molar-refractivity contribution in [2.24, 2.45) is 5.92 Å². The third-order valence-electron chi connectivity index (χ3n) is 3.48. The van der Waals surface area contributed by atoms with Gasteiger partial charge in [-0.1, -0.05) is 6.92 Å². The summed E-state index contributed by atoms with van der Waals surface area (Å²) in [7, 11) is 0. The van der Waals surface area contributed by atoms with E-state index in [0.29, 0.717) is 31.0 Å². The molecule has 1 aliphatic carbocycles. The topological polar surface area (TPSA) is 37.4 Å². The van der Waals surface area contributed by atoms with Gasteiger partial charge in [-0.25, -0.2) is 0 Å². The number of Topliss-reactive ketones (excluding diaryl/α,β-unsaturated/α-hetero) is 1. The maximum Gasteiger partial charge on any atom is 0.222 e. The molecule has 14 heavy (non-hydrogen) atoms. The minimum absolute atomic E-state index is 0.200. The summed E-state index contributed by atoms with van der Waals surface area (Å²) in [5.41, 5.74) is 0. The van der Waals surface area contributed by atoms with Crippen molar-refractivity contribution < 1.29 is 9.59 Å². The van der Waals surface area contributed by atoms with Gasteiger partial charge in [0, 0.05) is 31.8 Å². The summed E-state index contributed by atoms with van der Waals surface area (Å²) in [5.74, 6) is 1.07. The maximum atomic E-state index is 11.5. The van der Waals surface area contributed by atoms with Gasteiger partial charge in [-0.2, -0.15) is 0 Å². The van der Waals surface area contributed by atoms with Crippen LogP contribution in [0.4, 0.5) is 0 Å². The molecule has 1 saturated heterocycles. The Morgan fingerprint density at radius 3 is 2.71 bits per heavy atom. The highest BCUT2D eigenvalue weighted by molar-refractivity contribution is 5.82. The molecule has 2 rings (SSSR count). The van der Waals surface area contributed by atoms with E-state index >= 15 is 0 Å². The first-order valence-electron chi connectivity index (χ1n) is 5.49. The first-order chi connectivity index (χ1) is 6.68. The van der Waals surface area contributed by atoms with E-state index < -0.39 is 0 Å². The Kier molecular flexibility index (Phi) is 2.57. The van der Waals surface area contributed by atoms with Crippen molar-refractivity contribution in [3.63, 3.8) is 0 Å². The molecule has 1 saturated carbocycles. The lowest BCUT2D eigenvalue weighted by molar-refractivity contribution is -0.133. The molecule has 0 radical (unpaired) electrons. The van der Waals surface area contributed by atoms with Crippen molar-refractivity contribution in [1.82, 2.24) is 4.90 Å². The fourth-order valence-electron chi connectivity index (χ4n) is 2.55. The van der Waals surface area contributed by atoms with Crippen LogP contribution in [0.5, 0.6) is 0 Å². The lowest BCUT2D eigenvalue weighted by atomic mass is 9.84. The molecule has 0 N–H and O–H groups in total. The Balaban J connectivity index is 2.07. The smallest absolute Gasteiger partial charge is 0.222 e. The molecule has 78 valence electrons. The first kappa shape index (κ1) is 9.69. The fraction of sp³-hybridized carbons (Fsp3) is 0.818. The van der Waals surface area contributed by atoms with E-state index in [1.165, 1.54) is 0 Å². The summed E-state index contributed by atoms with van der Waals surface area (Å²) in [4.78, 5) is 24.8. The standard InChI is InChI=1S/C11H17NO2/c1-8-4-5-9(13)7-10(8)12-6-2-3-11(12)14/h8,10H,2-7H2,1H3. The van der Waals surface area contributed by atoms with E-state index in [-0.39, 0.29) is 11.9 Å². The van der Waals surface area contributed by atoms with Crippen LogP contribution >= 0.6 is 0 Å². The van der Waals surface area contributed by atoms with Gasteiger partial charge in [0.2, 0.25) is 5.91 Å². The number of carbonyl (C=O) groups excluding carboxylic acids is 2. The largest absolute Gasteiger partial charge is 0.339 e. The van der Waals surface area contributed by atoms with Crippen molar-refractivity contribution in [2.75, 3.05) is 6.54 Å². The third-order valence-corrected chi connectivity index (χ3v) is 3.48. The summed E-state index contributed by atoms with van der Waals surface area (Å²) in [6.07, 6.45) is 3.90. The number of likely N-dealkylation sites (tertiary alicyclic amines) is 1. The van der Waals surface area contributed by atoms with Gasteiger partial charge in [-0.3, -0.25) is 9.59 Å². The Bertz CT molecular complexity index is 262. The molecule has 2 fully saturated rings. The van der Waals surface area contributed by atoms with Gasteiger partial charge in [0.05, 0.1) is 0 Å². The number of rotatable bonds is 1. The predicted molar refractivity (Wildman–Crippen MR) is 52.8 cm³/mol. The minimum Gasteiger partial charge on any atom is -0.339 e. The summed E-state index contributed by atoms with van der Waals surface area (Å²) >= 11 is 0. The zero-order valence-corrected chi connectivity index (χ0v) is 8.66. The number of hydrogen-bond acceptors (Lipinski definition) is 2. The lowest BCUT2D eigenvalue weighted by Crippen LogP contribution is -2.44. The average molecular weight is 195 g/mol. The number of amides is 1. The molecule has 1 aliphatic heterocycles. The van der Waals surface area contributed by atoms with E-state index in [0.717, 1.165) is 19.4 Å². The SMILES string of the molecule is CC1CCC(=O)CC1N1CCCC1=O. The second-order valence-corrected chi connectivity index (χ2v) is 4.52. The van der Waals surface area contributed by atoms with Crippen molar-refractivity contribution in [3.05, 3.63) is 0 Å². The Morgan fingerprint density at radius 2 is 2.07 bits per heavy atom. The quantitative estimate of drug-likeness (QED) is 0.633. The highest BCUT2D eigenvalue weighted by Gasteiger charge is 2.35. The molecule has 1 heterocycles. The molecule has 2 aliphatic rings. The van der Waals surface area contributed by atoms with Gasteiger partial charge in [0.1, 0.15) is 5.78 Å². The second kappa shape index (κ2) is 3.71. The molecule has 0 aromatic heterocycles. The van der Waals surface area contributed by atoms with Crippen LogP contribution < -0.4 is 0 Å². The minimum atomic E-state index is 0.200. The zero-order valence-electron chi connectivity index (χ0n) is 8.66. The highest BCUT2D eigenvalue weighted by atomic mass is 16.2. The molecule has 0 aromatic rings. The van der Waals surface area contributed by atoms with Crippen molar-refractivity contribution in [3.8, 4) is 0 Å². The molecule has 2 atom stereocenters. The molecule has 3 heteroatoms. The normalized spacial score (nSPS) is 33.9. The van der Waals surface area contributed by atoms with Gasteiger partial charge < -0.3 is 4.90 Å².